The van der Waals surface area contributed by atoms with Gasteiger partial charge in [0, 0.05) is 35.4 Å². The van der Waals surface area contributed by atoms with Gasteiger partial charge in [-0.25, -0.2) is 13.9 Å². The Kier molecular flexibility index (Phi) is 4.85. The van der Waals surface area contributed by atoms with Gasteiger partial charge in [-0.15, -0.1) is 0 Å². The standard InChI is InChI=1S/C26H25FN6S/c1-3-20-24(30-25-29-23(22(13-28)34-25)17-5-7-18(27)8-6-17)21-12-19(11-16(2)33(21)31-20)32-14-26(15-32)9-4-10-26/h5-8,11-12H,3-4,9-10,14-15H2,1-2H3,(H,29,30). The molecule has 0 radical (unpaired) electrons. The Morgan fingerprint density at radius 3 is 2.62 bits per heavy atom. The number of anilines is 3. The van der Waals surface area contributed by atoms with Gasteiger partial charge in [0.1, 0.15) is 22.5 Å². The summed E-state index contributed by atoms with van der Waals surface area (Å²) in [6, 6.07) is 12.7. The summed E-state index contributed by atoms with van der Waals surface area (Å²) in [7, 11) is 0. The van der Waals surface area contributed by atoms with Gasteiger partial charge in [0.2, 0.25) is 0 Å². The smallest absolute Gasteiger partial charge is 0.189 e. The van der Waals surface area contributed by atoms with Gasteiger partial charge in [0.15, 0.2) is 5.13 Å². The van der Waals surface area contributed by atoms with Crippen LogP contribution in [0.2, 0.25) is 0 Å². The number of rotatable bonds is 5. The number of hydrogen-bond acceptors (Lipinski definition) is 6. The van der Waals surface area contributed by atoms with Crippen LogP contribution in [0, 0.1) is 29.5 Å². The van der Waals surface area contributed by atoms with E-state index in [0.29, 0.717) is 21.1 Å². The van der Waals surface area contributed by atoms with Crippen molar-refractivity contribution in [3.8, 4) is 17.3 Å². The summed E-state index contributed by atoms with van der Waals surface area (Å²) in [4.78, 5) is 7.66. The Balaban J connectivity index is 1.37. The monoisotopic (exact) mass is 472 g/mol. The van der Waals surface area contributed by atoms with Crippen molar-refractivity contribution in [2.45, 2.75) is 39.5 Å². The molecule has 0 bridgehead atoms. The maximum Gasteiger partial charge on any atom is 0.189 e. The van der Waals surface area contributed by atoms with E-state index < -0.39 is 0 Å². The van der Waals surface area contributed by atoms with Gasteiger partial charge >= 0.3 is 0 Å². The van der Waals surface area contributed by atoms with E-state index in [1.165, 1.54) is 48.4 Å². The largest absolute Gasteiger partial charge is 0.370 e. The van der Waals surface area contributed by atoms with Crippen molar-refractivity contribution in [3.05, 3.63) is 58.5 Å². The molecule has 2 fully saturated rings. The van der Waals surface area contributed by atoms with E-state index >= 15 is 0 Å². The quantitative estimate of drug-likeness (QED) is 0.382. The van der Waals surface area contributed by atoms with Crippen LogP contribution >= 0.6 is 11.3 Å². The van der Waals surface area contributed by atoms with Crippen LogP contribution in [0.15, 0.2) is 36.4 Å². The lowest BCUT2D eigenvalue weighted by Crippen LogP contribution is -2.59. The van der Waals surface area contributed by atoms with E-state index in [1.807, 2.05) is 4.52 Å². The van der Waals surface area contributed by atoms with Gasteiger partial charge in [0.25, 0.3) is 0 Å². The fourth-order valence-electron chi connectivity index (χ4n) is 5.20. The fraction of sp³-hybridized carbons (Fsp3) is 0.346. The second-order valence-corrected chi connectivity index (χ2v) is 10.5. The minimum Gasteiger partial charge on any atom is -0.370 e. The van der Waals surface area contributed by atoms with Crippen molar-refractivity contribution in [2.75, 3.05) is 23.3 Å². The molecule has 6 rings (SSSR count). The number of pyridine rings is 1. The molecule has 1 aliphatic heterocycles. The van der Waals surface area contributed by atoms with Crippen LogP contribution in [0.25, 0.3) is 16.8 Å². The van der Waals surface area contributed by atoms with E-state index in [4.69, 9.17) is 10.1 Å². The van der Waals surface area contributed by atoms with Gasteiger partial charge in [-0.3, -0.25) is 0 Å². The normalized spacial score (nSPS) is 16.4. The average molecular weight is 473 g/mol. The predicted octanol–water partition coefficient (Wildman–Crippen LogP) is 6.07. The zero-order valence-electron chi connectivity index (χ0n) is 19.2. The fourth-order valence-corrected chi connectivity index (χ4v) is 5.99. The number of benzene rings is 1. The molecule has 2 aliphatic rings. The first-order valence-electron chi connectivity index (χ1n) is 11.7. The van der Waals surface area contributed by atoms with E-state index in [-0.39, 0.29) is 5.82 Å². The summed E-state index contributed by atoms with van der Waals surface area (Å²) in [5.74, 6) is -0.314. The zero-order chi connectivity index (χ0) is 23.4. The number of fused-ring (bicyclic) bond motifs is 1. The lowest BCUT2D eigenvalue weighted by molar-refractivity contribution is 0.0904. The highest BCUT2D eigenvalue weighted by Gasteiger charge is 2.47. The molecule has 1 aliphatic carbocycles. The van der Waals surface area contributed by atoms with E-state index in [9.17, 15) is 9.65 Å². The number of nitriles is 1. The van der Waals surface area contributed by atoms with Crippen molar-refractivity contribution in [3.63, 3.8) is 0 Å². The van der Waals surface area contributed by atoms with Crippen LogP contribution in [0.4, 0.5) is 20.9 Å². The number of nitrogens with zero attached hydrogens (tertiary/aromatic N) is 5. The highest BCUT2D eigenvalue weighted by molar-refractivity contribution is 7.16. The maximum atomic E-state index is 13.4. The molecule has 3 aromatic heterocycles. The Morgan fingerprint density at radius 1 is 1.21 bits per heavy atom. The molecule has 8 heteroatoms. The van der Waals surface area contributed by atoms with Crippen LogP contribution in [0.3, 0.4) is 0 Å². The van der Waals surface area contributed by atoms with E-state index in [1.54, 1.807) is 12.1 Å². The van der Waals surface area contributed by atoms with Gasteiger partial charge in [-0.2, -0.15) is 10.4 Å². The molecule has 172 valence electrons. The van der Waals surface area contributed by atoms with Crippen molar-refractivity contribution in [1.82, 2.24) is 14.6 Å². The van der Waals surface area contributed by atoms with Gasteiger partial charge < -0.3 is 10.2 Å². The molecule has 1 saturated heterocycles. The Hall–Kier alpha value is -3.44. The van der Waals surface area contributed by atoms with Crippen LogP contribution in [-0.2, 0) is 6.42 Å². The number of halogens is 1. The number of hydrogen-bond donors (Lipinski definition) is 1. The number of aromatic nitrogens is 3. The first-order chi connectivity index (χ1) is 16.5. The minimum absolute atomic E-state index is 0.314. The Morgan fingerprint density at radius 2 is 1.97 bits per heavy atom. The average Bonchev–Trinajstić information content (AvgIpc) is 3.34. The summed E-state index contributed by atoms with van der Waals surface area (Å²) in [6.07, 6.45) is 4.84. The highest BCUT2D eigenvalue weighted by atomic mass is 32.1. The first-order valence-corrected chi connectivity index (χ1v) is 12.5. The second-order valence-electron chi connectivity index (χ2n) is 9.48. The topological polar surface area (TPSA) is 69.2 Å². The molecular weight excluding hydrogens is 447 g/mol. The van der Waals surface area contributed by atoms with Crippen LogP contribution in [0.1, 0.15) is 42.5 Å². The third-order valence-electron chi connectivity index (χ3n) is 7.21. The number of thiazole rings is 1. The predicted molar refractivity (Wildman–Crippen MR) is 133 cm³/mol. The second kappa shape index (κ2) is 7.81. The molecular formula is C26H25FN6S. The number of nitrogens with one attached hydrogen (secondary N) is 1. The van der Waals surface area contributed by atoms with Crippen LogP contribution in [0.5, 0.6) is 0 Å². The SMILES string of the molecule is CCc1nn2c(C)cc(N3CC4(CCC4)C3)cc2c1Nc1nc(-c2ccc(F)cc2)c(C#N)s1. The maximum absolute atomic E-state index is 13.4. The van der Waals surface area contributed by atoms with Gasteiger partial charge in [0.05, 0.1) is 16.9 Å². The lowest BCUT2D eigenvalue weighted by Gasteiger charge is -2.57. The van der Waals surface area contributed by atoms with Crippen molar-refractivity contribution in [1.29, 1.82) is 5.26 Å². The molecule has 1 aromatic carbocycles. The van der Waals surface area contributed by atoms with Crippen molar-refractivity contribution < 1.29 is 4.39 Å². The molecule has 1 saturated carbocycles. The van der Waals surface area contributed by atoms with Crippen molar-refractivity contribution >= 4 is 33.4 Å². The molecule has 34 heavy (non-hydrogen) atoms. The highest BCUT2D eigenvalue weighted by Crippen LogP contribution is 2.49. The molecule has 6 nitrogen and oxygen atoms in total. The Labute approximate surface area is 201 Å². The Bertz CT molecular complexity index is 1430. The summed E-state index contributed by atoms with van der Waals surface area (Å²) >= 11 is 1.30. The molecule has 0 atom stereocenters. The van der Waals surface area contributed by atoms with E-state index in [0.717, 1.165) is 47.7 Å². The molecule has 0 amide bonds. The third-order valence-corrected chi connectivity index (χ3v) is 8.09. The van der Waals surface area contributed by atoms with Crippen LogP contribution in [-0.4, -0.2) is 27.7 Å². The van der Waals surface area contributed by atoms with Crippen molar-refractivity contribution in [2.24, 2.45) is 5.41 Å². The zero-order valence-corrected chi connectivity index (χ0v) is 20.0. The number of aryl methyl sites for hydroxylation is 2. The summed E-state index contributed by atoms with van der Waals surface area (Å²) in [5.41, 5.74) is 7.06. The van der Waals surface area contributed by atoms with E-state index in [2.05, 4.69) is 42.3 Å². The summed E-state index contributed by atoms with van der Waals surface area (Å²) < 4.78 is 15.4. The molecule has 4 heterocycles. The third kappa shape index (κ3) is 3.34. The first kappa shape index (κ1) is 21.1. The molecule has 0 unspecified atom stereocenters. The molecule has 1 spiro atoms. The van der Waals surface area contributed by atoms with Gasteiger partial charge in [-0.05, 0) is 62.6 Å². The van der Waals surface area contributed by atoms with Crippen LogP contribution < -0.4 is 10.2 Å². The molecule has 4 aromatic rings. The lowest BCUT2D eigenvalue weighted by atomic mass is 9.63. The van der Waals surface area contributed by atoms with Gasteiger partial charge in [-0.1, -0.05) is 24.7 Å². The summed E-state index contributed by atoms with van der Waals surface area (Å²) in [6.45, 7) is 6.46. The molecule has 1 N–H and O–H groups in total. The summed E-state index contributed by atoms with van der Waals surface area (Å²) in [5, 5.41) is 18.6. The minimum atomic E-state index is -0.314.